The minimum absolute atomic E-state index is 0.00662. The van der Waals surface area contributed by atoms with Gasteiger partial charge in [0.15, 0.2) is 0 Å². The van der Waals surface area contributed by atoms with Gasteiger partial charge in [-0.25, -0.2) is 0 Å². The predicted octanol–water partition coefficient (Wildman–Crippen LogP) is 2.92. The van der Waals surface area contributed by atoms with E-state index in [1.165, 1.54) is 4.90 Å². The number of carbonyl (C=O) groups is 2. The van der Waals surface area contributed by atoms with Crippen LogP contribution in [0.15, 0.2) is 24.3 Å². The number of nitrogens with zero attached hydrogens (tertiary/aromatic N) is 1. The molecule has 0 spiro atoms. The summed E-state index contributed by atoms with van der Waals surface area (Å²) in [6.07, 6.45) is 2.78. The molecular formula is C16H19NO2. The number of hydrogen-bond acceptors (Lipinski definition) is 2. The van der Waals surface area contributed by atoms with Crippen molar-refractivity contribution >= 4 is 17.5 Å². The van der Waals surface area contributed by atoms with E-state index in [0.29, 0.717) is 5.92 Å². The molecule has 1 saturated carbocycles. The molecule has 0 radical (unpaired) electrons. The second kappa shape index (κ2) is 4.48. The predicted molar refractivity (Wildman–Crippen MR) is 73.7 cm³/mol. The first-order valence-corrected chi connectivity index (χ1v) is 7.02. The van der Waals surface area contributed by atoms with Crippen LogP contribution in [0.2, 0.25) is 0 Å². The summed E-state index contributed by atoms with van der Waals surface area (Å²) in [6.45, 7) is 4.15. The molecule has 1 aromatic rings. The number of hydrogen-bond donors (Lipinski definition) is 0. The lowest BCUT2D eigenvalue weighted by molar-refractivity contribution is -0.122. The molecule has 1 aliphatic heterocycles. The molecular weight excluding hydrogens is 238 g/mol. The summed E-state index contributed by atoms with van der Waals surface area (Å²) in [5, 5.41) is 0. The highest BCUT2D eigenvalue weighted by molar-refractivity contribution is 6.22. The summed E-state index contributed by atoms with van der Waals surface area (Å²) in [5.41, 5.74) is 1.80. The average Bonchev–Trinajstić information content (AvgIpc) is 2.61. The van der Waals surface area contributed by atoms with Crippen molar-refractivity contribution in [2.45, 2.75) is 33.1 Å². The zero-order valence-corrected chi connectivity index (χ0v) is 11.4. The molecule has 2 amide bonds. The zero-order valence-electron chi connectivity index (χ0n) is 11.4. The van der Waals surface area contributed by atoms with E-state index in [-0.39, 0.29) is 23.7 Å². The largest absolute Gasteiger partial charge is 0.274 e. The topological polar surface area (TPSA) is 37.4 Å². The van der Waals surface area contributed by atoms with Crippen molar-refractivity contribution < 1.29 is 9.59 Å². The molecule has 0 unspecified atom stereocenters. The zero-order chi connectivity index (χ0) is 13.6. The lowest BCUT2D eigenvalue weighted by atomic mass is 9.76. The van der Waals surface area contributed by atoms with Crippen LogP contribution in [0.25, 0.3) is 0 Å². The fraction of sp³-hybridized carbons (Fsp3) is 0.500. The van der Waals surface area contributed by atoms with Crippen LogP contribution in [0.1, 0.15) is 31.7 Å². The minimum Gasteiger partial charge on any atom is -0.274 e. The van der Waals surface area contributed by atoms with Crippen LogP contribution in [0, 0.1) is 24.7 Å². The number of imide groups is 1. The molecule has 1 heterocycles. The van der Waals surface area contributed by atoms with Crippen molar-refractivity contribution in [3.05, 3.63) is 29.8 Å². The Bertz CT molecular complexity index is 537. The Kier molecular flexibility index (Phi) is 2.92. The Labute approximate surface area is 113 Å². The van der Waals surface area contributed by atoms with Crippen molar-refractivity contribution in [3.63, 3.8) is 0 Å². The smallest absolute Gasteiger partial charge is 0.237 e. The second-order valence-corrected chi connectivity index (χ2v) is 5.98. The lowest BCUT2D eigenvalue weighted by Gasteiger charge is -2.25. The highest BCUT2D eigenvalue weighted by Gasteiger charge is 2.49. The highest BCUT2D eigenvalue weighted by Crippen LogP contribution is 2.42. The normalized spacial score (nSPS) is 30.6. The maximum absolute atomic E-state index is 12.5. The van der Waals surface area contributed by atoms with Gasteiger partial charge in [-0.15, -0.1) is 0 Å². The molecule has 0 N–H and O–H groups in total. The van der Waals surface area contributed by atoms with E-state index < -0.39 is 0 Å². The molecule has 0 bridgehead atoms. The first-order chi connectivity index (χ1) is 9.08. The van der Waals surface area contributed by atoms with Crippen LogP contribution < -0.4 is 4.90 Å². The van der Waals surface area contributed by atoms with E-state index in [4.69, 9.17) is 0 Å². The molecule has 1 aliphatic carbocycles. The average molecular weight is 257 g/mol. The molecule has 3 atom stereocenters. The van der Waals surface area contributed by atoms with Crippen LogP contribution in [-0.4, -0.2) is 11.8 Å². The van der Waals surface area contributed by atoms with Crippen LogP contribution in [-0.2, 0) is 9.59 Å². The van der Waals surface area contributed by atoms with Gasteiger partial charge >= 0.3 is 0 Å². The van der Waals surface area contributed by atoms with E-state index in [0.717, 1.165) is 30.5 Å². The van der Waals surface area contributed by atoms with Crippen LogP contribution in [0.4, 0.5) is 5.69 Å². The summed E-state index contributed by atoms with van der Waals surface area (Å²) in [7, 11) is 0. The van der Waals surface area contributed by atoms with Gasteiger partial charge in [-0.05, 0) is 49.8 Å². The van der Waals surface area contributed by atoms with Gasteiger partial charge in [0, 0.05) is 0 Å². The maximum atomic E-state index is 12.5. The van der Waals surface area contributed by atoms with Crippen LogP contribution >= 0.6 is 0 Å². The molecule has 3 heteroatoms. The standard InChI is InChI=1S/C16H19NO2/c1-10-4-3-5-12(8-10)17-15(18)13-7-6-11(2)9-14(13)16(17)19/h3-5,8,11,13-14H,6-7,9H2,1-2H3/t11-,13-,14-/m1/s1. The Morgan fingerprint density at radius 1 is 1.11 bits per heavy atom. The number of benzene rings is 1. The van der Waals surface area contributed by atoms with Crippen molar-refractivity contribution in [1.82, 2.24) is 0 Å². The highest BCUT2D eigenvalue weighted by atomic mass is 16.2. The van der Waals surface area contributed by atoms with Gasteiger partial charge in [-0.3, -0.25) is 14.5 Å². The summed E-state index contributed by atoms with van der Waals surface area (Å²) < 4.78 is 0. The van der Waals surface area contributed by atoms with E-state index in [9.17, 15) is 9.59 Å². The van der Waals surface area contributed by atoms with Gasteiger partial charge in [0.05, 0.1) is 17.5 Å². The third kappa shape index (κ3) is 1.97. The Hall–Kier alpha value is -1.64. The van der Waals surface area contributed by atoms with Crippen molar-refractivity contribution in [1.29, 1.82) is 0 Å². The Balaban J connectivity index is 1.95. The minimum atomic E-state index is -0.0863. The molecule has 0 aromatic heterocycles. The van der Waals surface area contributed by atoms with Gasteiger partial charge in [-0.2, -0.15) is 0 Å². The summed E-state index contributed by atoms with van der Waals surface area (Å²) in [4.78, 5) is 26.4. The summed E-state index contributed by atoms with van der Waals surface area (Å²) >= 11 is 0. The van der Waals surface area contributed by atoms with E-state index in [1.54, 1.807) is 0 Å². The second-order valence-electron chi connectivity index (χ2n) is 5.98. The van der Waals surface area contributed by atoms with Crippen molar-refractivity contribution in [2.75, 3.05) is 4.90 Å². The third-order valence-electron chi connectivity index (χ3n) is 4.45. The molecule has 1 saturated heterocycles. The van der Waals surface area contributed by atoms with Gasteiger partial charge in [0.1, 0.15) is 0 Å². The number of anilines is 1. The van der Waals surface area contributed by atoms with Gasteiger partial charge in [-0.1, -0.05) is 19.1 Å². The third-order valence-corrected chi connectivity index (χ3v) is 4.45. The van der Waals surface area contributed by atoms with E-state index in [1.807, 2.05) is 31.2 Å². The quantitative estimate of drug-likeness (QED) is 0.725. The molecule has 1 aromatic carbocycles. The maximum Gasteiger partial charge on any atom is 0.237 e. The number of fused-ring (bicyclic) bond motifs is 1. The number of aryl methyl sites for hydroxylation is 1. The SMILES string of the molecule is Cc1cccc(N2C(=O)[C@@H]3CC[C@@H](C)C[C@H]3C2=O)c1. The summed E-state index contributed by atoms with van der Waals surface area (Å²) in [6, 6.07) is 7.64. The Morgan fingerprint density at radius 2 is 1.84 bits per heavy atom. The fourth-order valence-electron chi connectivity index (χ4n) is 3.41. The number of carbonyl (C=O) groups excluding carboxylic acids is 2. The summed E-state index contributed by atoms with van der Waals surface area (Å²) in [5.74, 6) is 0.399. The molecule has 2 fully saturated rings. The first-order valence-electron chi connectivity index (χ1n) is 7.02. The van der Waals surface area contributed by atoms with Crippen LogP contribution in [0.3, 0.4) is 0 Å². The molecule has 3 rings (SSSR count). The number of amides is 2. The first kappa shape index (κ1) is 12.4. The van der Waals surface area contributed by atoms with Gasteiger partial charge < -0.3 is 0 Å². The monoisotopic (exact) mass is 257 g/mol. The lowest BCUT2D eigenvalue weighted by Crippen LogP contribution is -2.30. The van der Waals surface area contributed by atoms with Crippen LogP contribution in [0.5, 0.6) is 0 Å². The molecule has 3 nitrogen and oxygen atoms in total. The van der Waals surface area contributed by atoms with Gasteiger partial charge in [0.2, 0.25) is 11.8 Å². The van der Waals surface area contributed by atoms with Crippen molar-refractivity contribution in [3.8, 4) is 0 Å². The van der Waals surface area contributed by atoms with Gasteiger partial charge in [0.25, 0.3) is 0 Å². The Morgan fingerprint density at radius 3 is 2.58 bits per heavy atom. The fourth-order valence-corrected chi connectivity index (χ4v) is 3.41. The molecule has 19 heavy (non-hydrogen) atoms. The van der Waals surface area contributed by atoms with E-state index >= 15 is 0 Å². The van der Waals surface area contributed by atoms with E-state index in [2.05, 4.69) is 6.92 Å². The molecule has 100 valence electrons. The number of rotatable bonds is 1. The van der Waals surface area contributed by atoms with Crippen molar-refractivity contribution in [2.24, 2.45) is 17.8 Å². The molecule has 2 aliphatic rings.